The van der Waals surface area contributed by atoms with E-state index in [2.05, 4.69) is 10.5 Å². The van der Waals surface area contributed by atoms with Crippen LogP contribution in [0.4, 0.5) is 13.2 Å². The number of rotatable bonds is 6. The molecule has 2 aromatic carbocycles. The average molecular weight is 468 g/mol. The van der Waals surface area contributed by atoms with Gasteiger partial charge in [0.05, 0.1) is 11.8 Å². The summed E-state index contributed by atoms with van der Waals surface area (Å²) in [5.41, 5.74) is 1.42. The van der Waals surface area contributed by atoms with Gasteiger partial charge in [-0.1, -0.05) is 43.5 Å². The van der Waals surface area contributed by atoms with Gasteiger partial charge in [-0.2, -0.15) is 26.7 Å². The van der Waals surface area contributed by atoms with E-state index < -0.39 is 26.8 Å². The van der Waals surface area contributed by atoms with E-state index in [9.17, 15) is 30.9 Å². The molecule has 0 heterocycles. The first-order valence-electron chi connectivity index (χ1n) is 10.2. The summed E-state index contributed by atoms with van der Waals surface area (Å²) in [7, 11) is -4.79. The van der Waals surface area contributed by atoms with Crippen molar-refractivity contribution in [3.63, 3.8) is 0 Å². The van der Waals surface area contributed by atoms with Gasteiger partial charge in [0.25, 0.3) is 10.1 Å². The van der Waals surface area contributed by atoms with Gasteiger partial charge in [0.15, 0.2) is 0 Å². The third kappa shape index (κ3) is 6.17. The molecule has 0 unspecified atom stereocenters. The van der Waals surface area contributed by atoms with Gasteiger partial charge in [-0.25, -0.2) is 5.43 Å². The first kappa shape index (κ1) is 23.9. The largest absolute Gasteiger partial charge is 0.416 e. The highest BCUT2D eigenvalue weighted by Gasteiger charge is 2.32. The van der Waals surface area contributed by atoms with Crippen molar-refractivity contribution in [1.29, 1.82) is 0 Å². The van der Waals surface area contributed by atoms with Crippen LogP contribution in [0.3, 0.4) is 0 Å². The molecule has 6 nitrogen and oxygen atoms in total. The molecular formula is C22H23F3N2O4S. The number of benzene rings is 2. The molecule has 0 atom stereocenters. The van der Waals surface area contributed by atoms with Gasteiger partial charge >= 0.3 is 6.18 Å². The maximum absolute atomic E-state index is 13.2. The molecule has 0 spiro atoms. The molecule has 32 heavy (non-hydrogen) atoms. The Morgan fingerprint density at radius 1 is 1.09 bits per heavy atom. The average Bonchev–Trinajstić information content (AvgIpc) is 2.73. The van der Waals surface area contributed by atoms with Gasteiger partial charge in [0.2, 0.25) is 5.91 Å². The van der Waals surface area contributed by atoms with E-state index in [0.717, 1.165) is 25.7 Å². The first-order valence-corrected chi connectivity index (χ1v) is 11.6. The Bertz CT molecular complexity index is 1110. The number of carbonyl (C=O) groups excluding carboxylic acids is 1. The molecule has 172 valence electrons. The Balaban J connectivity index is 1.89. The first-order chi connectivity index (χ1) is 15.1. The normalized spacial score (nSPS) is 15.8. The Morgan fingerprint density at radius 2 is 1.78 bits per heavy atom. The van der Waals surface area contributed by atoms with Gasteiger partial charge in [0, 0.05) is 17.5 Å². The van der Waals surface area contributed by atoms with Crippen LogP contribution in [-0.2, 0) is 21.1 Å². The molecule has 1 aliphatic carbocycles. The van der Waals surface area contributed by atoms with Crippen LogP contribution < -0.4 is 5.43 Å². The van der Waals surface area contributed by atoms with E-state index in [1.54, 1.807) is 6.07 Å². The van der Waals surface area contributed by atoms with Crippen LogP contribution in [0.15, 0.2) is 52.5 Å². The predicted molar refractivity (Wildman–Crippen MR) is 114 cm³/mol. The summed E-state index contributed by atoms with van der Waals surface area (Å²) in [6, 6.07) is 8.01. The van der Waals surface area contributed by atoms with Crippen molar-refractivity contribution in [2.24, 2.45) is 11.0 Å². The quantitative estimate of drug-likeness (QED) is 0.353. The zero-order valence-corrected chi connectivity index (χ0v) is 17.9. The van der Waals surface area contributed by atoms with Crippen molar-refractivity contribution in [2.45, 2.75) is 49.6 Å². The zero-order valence-electron chi connectivity index (χ0n) is 17.1. The highest BCUT2D eigenvalue weighted by atomic mass is 32.2. The predicted octanol–water partition coefficient (Wildman–Crippen LogP) is 5.04. The molecular weight excluding hydrogens is 445 g/mol. The number of alkyl halides is 3. The molecule has 10 heteroatoms. The lowest BCUT2D eigenvalue weighted by Crippen LogP contribution is -2.22. The fourth-order valence-corrected chi connectivity index (χ4v) is 4.56. The number of halogens is 3. The van der Waals surface area contributed by atoms with Crippen LogP contribution in [0.2, 0.25) is 0 Å². The van der Waals surface area contributed by atoms with Crippen molar-refractivity contribution >= 4 is 22.2 Å². The van der Waals surface area contributed by atoms with Gasteiger partial charge in [-0.15, -0.1) is 0 Å². The molecule has 2 N–H and O–H groups in total. The number of carbonyl (C=O) groups is 1. The third-order valence-electron chi connectivity index (χ3n) is 5.43. The number of nitrogens with zero attached hydrogens (tertiary/aromatic N) is 1. The Morgan fingerprint density at radius 3 is 2.44 bits per heavy atom. The molecule has 2 aromatic rings. The summed E-state index contributed by atoms with van der Waals surface area (Å²) in [4.78, 5) is 11.5. The van der Waals surface area contributed by atoms with E-state index in [4.69, 9.17) is 0 Å². The summed E-state index contributed by atoms with van der Waals surface area (Å²) >= 11 is 0. The molecule has 1 aliphatic rings. The Hall–Kier alpha value is -2.72. The standard InChI is InChI=1S/C22H23F3N2O4S/c23-22(24,25)17-10-11-20(32(29,30)31)19(13-17)18-9-5-4-8-16(18)14-26-27-21(28)12-15-6-2-1-3-7-15/h4-5,8-11,13-15H,1-3,6-7,12H2,(H,27,28)(H,29,30,31). The molecule has 0 aromatic heterocycles. The van der Waals surface area contributed by atoms with E-state index in [0.29, 0.717) is 30.5 Å². The molecule has 0 saturated heterocycles. The summed E-state index contributed by atoms with van der Waals surface area (Å²) in [5.74, 6) is 0.0528. The maximum atomic E-state index is 13.2. The molecule has 0 radical (unpaired) electrons. The van der Waals surface area contributed by atoms with Gasteiger partial charge in [0.1, 0.15) is 4.90 Å². The van der Waals surface area contributed by atoms with Crippen molar-refractivity contribution < 1.29 is 30.9 Å². The van der Waals surface area contributed by atoms with Crippen LogP contribution in [-0.4, -0.2) is 25.1 Å². The minimum Gasteiger partial charge on any atom is -0.282 e. The highest BCUT2D eigenvalue weighted by molar-refractivity contribution is 7.86. The second-order valence-electron chi connectivity index (χ2n) is 7.77. The van der Waals surface area contributed by atoms with Gasteiger partial charge in [-0.05, 0) is 42.5 Å². The monoisotopic (exact) mass is 468 g/mol. The minimum atomic E-state index is -4.79. The fourth-order valence-electron chi connectivity index (χ4n) is 3.87. The van der Waals surface area contributed by atoms with Crippen LogP contribution in [0.1, 0.15) is 49.7 Å². The van der Waals surface area contributed by atoms with Gasteiger partial charge < -0.3 is 0 Å². The van der Waals surface area contributed by atoms with Crippen molar-refractivity contribution in [2.75, 3.05) is 0 Å². The summed E-state index contributed by atoms with van der Waals surface area (Å²) in [6.45, 7) is 0. The minimum absolute atomic E-state index is 0.108. The van der Waals surface area contributed by atoms with Crippen LogP contribution in [0.5, 0.6) is 0 Å². The van der Waals surface area contributed by atoms with E-state index >= 15 is 0 Å². The maximum Gasteiger partial charge on any atom is 0.416 e. The van der Waals surface area contributed by atoms with E-state index in [-0.39, 0.29) is 22.6 Å². The smallest absolute Gasteiger partial charge is 0.282 e. The summed E-state index contributed by atoms with van der Waals surface area (Å²) in [5, 5.41) is 3.90. The highest BCUT2D eigenvalue weighted by Crippen LogP contribution is 2.36. The number of hydrogen-bond acceptors (Lipinski definition) is 4. The van der Waals surface area contributed by atoms with E-state index in [1.165, 1.54) is 30.8 Å². The Kier molecular flexibility index (Phi) is 7.35. The fraction of sp³-hybridized carbons (Fsp3) is 0.364. The molecule has 1 fully saturated rings. The molecule has 1 saturated carbocycles. The number of hydrazone groups is 1. The summed E-state index contributed by atoms with van der Waals surface area (Å²) < 4.78 is 72.7. The lowest BCUT2D eigenvalue weighted by molar-refractivity contribution is -0.137. The van der Waals surface area contributed by atoms with Crippen molar-refractivity contribution in [1.82, 2.24) is 5.43 Å². The lowest BCUT2D eigenvalue weighted by Gasteiger charge is -2.20. The lowest BCUT2D eigenvalue weighted by atomic mass is 9.87. The van der Waals surface area contributed by atoms with Crippen molar-refractivity contribution in [3.05, 3.63) is 53.6 Å². The topological polar surface area (TPSA) is 95.8 Å². The number of nitrogens with one attached hydrogen (secondary N) is 1. The van der Waals surface area contributed by atoms with E-state index in [1.807, 2.05) is 0 Å². The summed E-state index contributed by atoms with van der Waals surface area (Å²) in [6.07, 6.45) is 2.24. The number of amides is 1. The van der Waals surface area contributed by atoms with Crippen molar-refractivity contribution in [3.8, 4) is 11.1 Å². The van der Waals surface area contributed by atoms with Crippen LogP contribution in [0, 0.1) is 5.92 Å². The van der Waals surface area contributed by atoms with Gasteiger partial charge in [-0.3, -0.25) is 9.35 Å². The van der Waals surface area contributed by atoms with Crippen LogP contribution >= 0.6 is 0 Å². The second-order valence-corrected chi connectivity index (χ2v) is 9.16. The Labute approximate surface area is 184 Å². The third-order valence-corrected chi connectivity index (χ3v) is 6.34. The number of hydrogen-bond donors (Lipinski definition) is 2. The molecule has 1 amide bonds. The molecule has 3 rings (SSSR count). The zero-order chi connectivity index (χ0) is 23.4. The second kappa shape index (κ2) is 9.83. The van der Waals surface area contributed by atoms with Crippen LogP contribution in [0.25, 0.3) is 11.1 Å². The molecule has 0 aliphatic heterocycles. The molecule has 0 bridgehead atoms. The SMILES string of the molecule is O=C(CC1CCCCC1)NN=Cc1ccccc1-c1cc(C(F)(F)F)ccc1S(=O)(=O)O.